The van der Waals surface area contributed by atoms with Crippen LogP contribution in [0.1, 0.15) is 24.5 Å². The molecule has 0 aromatic heterocycles. The summed E-state index contributed by atoms with van der Waals surface area (Å²) in [6, 6.07) is 14.0. The second-order valence-corrected chi connectivity index (χ2v) is 5.79. The van der Waals surface area contributed by atoms with Crippen LogP contribution in [-0.2, 0) is 13.2 Å². The van der Waals surface area contributed by atoms with Crippen LogP contribution < -0.4 is 19.5 Å². The summed E-state index contributed by atoms with van der Waals surface area (Å²) < 4.78 is 16.5. The van der Waals surface area contributed by atoms with Crippen molar-refractivity contribution in [1.82, 2.24) is 5.32 Å². The number of ether oxygens (including phenoxy) is 3. The molecule has 6 heteroatoms. The van der Waals surface area contributed by atoms with Gasteiger partial charge >= 0.3 is 0 Å². The van der Waals surface area contributed by atoms with Gasteiger partial charge in [-0.15, -0.1) is 12.4 Å². The summed E-state index contributed by atoms with van der Waals surface area (Å²) in [4.78, 5) is 0. The Kier molecular flexibility index (Phi) is 7.37. The molecule has 0 bridgehead atoms. The van der Waals surface area contributed by atoms with Gasteiger partial charge in [-0.25, -0.2) is 0 Å². The van der Waals surface area contributed by atoms with Gasteiger partial charge in [0.1, 0.15) is 12.4 Å². The quantitative estimate of drug-likeness (QED) is 0.751. The SMILES string of the molecule is CCC(CO)NCc1ccc(OCc2ccc3c(c2)OCO3)cc1.Cl. The Balaban J connectivity index is 0.00000225. The molecular weight excluding hydrogens is 342 g/mol. The summed E-state index contributed by atoms with van der Waals surface area (Å²) in [7, 11) is 0. The van der Waals surface area contributed by atoms with Crippen molar-refractivity contribution in [3.05, 3.63) is 53.6 Å². The number of fused-ring (bicyclic) bond motifs is 1. The fourth-order valence-electron chi connectivity index (χ4n) is 2.50. The highest BCUT2D eigenvalue weighted by Gasteiger charge is 2.13. The molecule has 136 valence electrons. The first-order chi connectivity index (χ1) is 11.8. The fraction of sp³-hybridized carbons (Fsp3) is 0.368. The molecule has 0 spiro atoms. The third-order valence-electron chi connectivity index (χ3n) is 4.07. The van der Waals surface area contributed by atoms with Crippen molar-refractivity contribution >= 4 is 12.4 Å². The highest BCUT2D eigenvalue weighted by molar-refractivity contribution is 5.85. The number of benzene rings is 2. The normalized spacial score (nSPS) is 13.2. The van der Waals surface area contributed by atoms with E-state index in [1.807, 2.05) is 42.5 Å². The van der Waals surface area contributed by atoms with E-state index in [1.54, 1.807) is 0 Å². The minimum atomic E-state index is 0. The predicted molar refractivity (Wildman–Crippen MR) is 98.6 cm³/mol. The molecule has 2 N–H and O–H groups in total. The molecule has 0 amide bonds. The van der Waals surface area contributed by atoms with Crippen LogP contribution in [0.4, 0.5) is 0 Å². The van der Waals surface area contributed by atoms with Crippen LogP contribution in [0, 0.1) is 0 Å². The van der Waals surface area contributed by atoms with E-state index in [-0.39, 0.29) is 31.8 Å². The summed E-state index contributed by atoms with van der Waals surface area (Å²) in [5, 5.41) is 12.5. The van der Waals surface area contributed by atoms with Gasteiger partial charge in [0, 0.05) is 12.6 Å². The number of aliphatic hydroxyl groups excluding tert-OH is 1. The Morgan fingerprint density at radius 3 is 2.52 bits per heavy atom. The molecule has 1 heterocycles. The van der Waals surface area contributed by atoms with Crippen molar-refractivity contribution in [2.24, 2.45) is 0 Å². The summed E-state index contributed by atoms with van der Waals surface area (Å²) in [5.74, 6) is 2.38. The summed E-state index contributed by atoms with van der Waals surface area (Å²) in [6.07, 6.45) is 0.910. The van der Waals surface area contributed by atoms with Gasteiger partial charge in [-0.3, -0.25) is 0 Å². The van der Waals surface area contributed by atoms with Crippen LogP contribution in [0.25, 0.3) is 0 Å². The average Bonchev–Trinajstić information content (AvgIpc) is 3.09. The molecule has 0 radical (unpaired) electrons. The molecule has 0 saturated carbocycles. The Morgan fingerprint density at radius 1 is 1.08 bits per heavy atom. The van der Waals surface area contributed by atoms with Gasteiger partial charge in [-0.05, 0) is 41.8 Å². The standard InChI is InChI=1S/C19H23NO4.ClH/c1-2-16(11-21)20-10-14-3-6-17(7-4-14)22-12-15-5-8-18-19(9-15)24-13-23-18;/h3-9,16,20-21H,2,10-13H2,1H3;1H. The Labute approximate surface area is 154 Å². The molecule has 2 aromatic carbocycles. The largest absolute Gasteiger partial charge is 0.489 e. The van der Waals surface area contributed by atoms with Gasteiger partial charge in [-0.2, -0.15) is 0 Å². The van der Waals surface area contributed by atoms with Crippen LogP contribution in [0.15, 0.2) is 42.5 Å². The molecule has 3 rings (SSSR count). The molecule has 0 saturated heterocycles. The predicted octanol–water partition coefficient (Wildman–Crippen LogP) is 3.28. The minimum absolute atomic E-state index is 0. The molecule has 1 atom stereocenters. The number of hydrogen-bond donors (Lipinski definition) is 2. The number of rotatable bonds is 8. The van der Waals surface area contributed by atoms with Crippen molar-refractivity contribution in [2.75, 3.05) is 13.4 Å². The van der Waals surface area contributed by atoms with E-state index in [9.17, 15) is 5.11 Å². The number of halogens is 1. The highest BCUT2D eigenvalue weighted by atomic mass is 35.5. The van der Waals surface area contributed by atoms with E-state index in [4.69, 9.17) is 14.2 Å². The van der Waals surface area contributed by atoms with Gasteiger partial charge in [0.2, 0.25) is 6.79 Å². The third-order valence-corrected chi connectivity index (χ3v) is 4.07. The highest BCUT2D eigenvalue weighted by Crippen LogP contribution is 2.32. The monoisotopic (exact) mass is 365 g/mol. The second kappa shape index (κ2) is 9.51. The van der Waals surface area contributed by atoms with E-state index in [0.717, 1.165) is 41.3 Å². The van der Waals surface area contributed by atoms with E-state index in [2.05, 4.69) is 12.2 Å². The van der Waals surface area contributed by atoms with Gasteiger partial charge < -0.3 is 24.6 Å². The van der Waals surface area contributed by atoms with Crippen molar-refractivity contribution in [3.8, 4) is 17.2 Å². The van der Waals surface area contributed by atoms with Crippen LogP contribution in [0.5, 0.6) is 17.2 Å². The maximum atomic E-state index is 9.19. The third kappa shape index (κ3) is 5.26. The maximum Gasteiger partial charge on any atom is 0.231 e. The van der Waals surface area contributed by atoms with Crippen LogP contribution >= 0.6 is 12.4 Å². The van der Waals surface area contributed by atoms with Gasteiger partial charge in [0.25, 0.3) is 0 Å². The minimum Gasteiger partial charge on any atom is -0.489 e. The van der Waals surface area contributed by atoms with Gasteiger partial charge in [-0.1, -0.05) is 25.1 Å². The van der Waals surface area contributed by atoms with Gasteiger partial charge in [0.15, 0.2) is 11.5 Å². The first kappa shape index (κ1) is 19.4. The van der Waals surface area contributed by atoms with E-state index < -0.39 is 0 Å². The molecule has 1 aliphatic rings. The van der Waals surface area contributed by atoms with Crippen molar-refractivity contribution < 1.29 is 19.3 Å². The summed E-state index contributed by atoms with van der Waals surface area (Å²) >= 11 is 0. The van der Waals surface area contributed by atoms with Crippen molar-refractivity contribution in [1.29, 1.82) is 0 Å². The topological polar surface area (TPSA) is 60.0 Å². The molecule has 1 unspecified atom stereocenters. The summed E-state index contributed by atoms with van der Waals surface area (Å²) in [5.41, 5.74) is 2.20. The lowest BCUT2D eigenvalue weighted by molar-refractivity contribution is 0.174. The lowest BCUT2D eigenvalue weighted by Crippen LogP contribution is -2.31. The van der Waals surface area contributed by atoms with Crippen molar-refractivity contribution in [2.45, 2.75) is 32.5 Å². The fourth-order valence-corrected chi connectivity index (χ4v) is 2.50. The van der Waals surface area contributed by atoms with Crippen LogP contribution in [0.2, 0.25) is 0 Å². The zero-order valence-electron chi connectivity index (χ0n) is 14.2. The first-order valence-corrected chi connectivity index (χ1v) is 8.23. The molecule has 2 aromatic rings. The van der Waals surface area contributed by atoms with Gasteiger partial charge in [0.05, 0.1) is 6.61 Å². The molecule has 1 aliphatic heterocycles. The second-order valence-electron chi connectivity index (χ2n) is 5.79. The molecule has 25 heavy (non-hydrogen) atoms. The van der Waals surface area contributed by atoms with E-state index in [0.29, 0.717) is 6.61 Å². The number of nitrogens with one attached hydrogen (secondary N) is 1. The average molecular weight is 366 g/mol. The van der Waals surface area contributed by atoms with E-state index in [1.165, 1.54) is 0 Å². The molecular formula is C19H24ClNO4. The lowest BCUT2D eigenvalue weighted by Gasteiger charge is -2.14. The van der Waals surface area contributed by atoms with Crippen LogP contribution in [0.3, 0.4) is 0 Å². The maximum absolute atomic E-state index is 9.19. The zero-order valence-corrected chi connectivity index (χ0v) is 15.1. The zero-order chi connectivity index (χ0) is 16.8. The Bertz CT molecular complexity index is 659. The Morgan fingerprint density at radius 2 is 1.80 bits per heavy atom. The van der Waals surface area contributed by atoms with Crippen molar-refractivity contribution in [3.63, 3.8) is 0 Å². The summed E-state index contributed by atoms with van der Waals surface area (Å²) in [6.45, 7) is 3.72. The van der Waals surface area contributed by atoms with Crippen LogP contribution in [-0.4, -0.2) is 24.5 Å². The lowest BCUT2D eigenvalue weighted by atomic mass is 10.2. The first-order valence-electron chi connectivity index (χ1n) is 8.23. The number of hydrogen-bond acceptors (Lipinski definition) is 5. The van der Waals surface area contributed by atoms with E-state index >= 15 is 0 Å². The molecule has 5 nitrogen and oxygen atoms in total. The molecule has 0 aliphatic carbocycles. The number of aliphatic hydroxyl groups is 1. The molecule has 0 fully saturated rings. The smallest absolute Gasteiger partial charge is 0.231 e. The Hall–Kier alpha value is -1.95.